The zero-order valence-corrected chi connectivity index (χ0v) is 14.9. The first kappa shape index (κ1) is 16.8. The Bertz CT molecular complexity index is 861. The Kier molecular flexibility index (Phi) is 5.00. The fourth-order valence-corrected chi connectivity index (χ4v) is 3.76. The minimum Gasteiger partial charge on any atom is -0.436 e. The van der Waals surface area contributed by atoms with E-state index in [2.05, 4.69) is 10.3 Å². The van der Waals surface area contributed by atoms with Gasteiger partial charge in [-0.15, -0.1) is 0 Å². The SMILES string of the molecule is O=C(CCC1CCCCC1)Nc1cccc(-c2nc3ccccc3o2)c1. The Hall–Kier alpha value is -2.62. The fraction of sp³-hybridized carbons (Fsp3) is 0.364. The summed E-state index contributed by atoms with van der Waals surface area (Å²) in [5.74, 6) is 1.38. The van der Waals surface area contributed by atoms with Crippen molar-refractivity contribution in [3.8, 4) is 11.5 Å². The lowest BCUT2D eigenvalue weighted by atomic mass is 9.86. The highest BCUT2D eigenvalue weighted by molar-refractivity contribution is 5.91. The summed E-state index contributed by atoms with van der Waals surface area (Å²) < 4.78 is 5.82. The van der Waals surface area contributed by atoms with Gasteiger partial charge in [0.05, 0.1) is 0 Å². The number of hydrogen-bond donors (Lipinski definition) is 1. The van der Waals surface area contributed by atoms with Crippen molar-refractivity contribution >= 4 is 22.7 Å². The average molecular weight is 348 g/mol. The van der Waals surface area contributed by atoms with Crippen LogP contribution in [0.25, 0.3) is 22.6 Å². The van der Waals surface area contributed by atoms with Crippen LogP contribution in [-0.2, 0) is 4.79 Å². The summed E-state index contributed by atoms with van der Waals surface area (Å²) in [7, 11) is 0. The van der Waals surface area contributed by atoms with Gasteiger partial charge >= 0.3 is 0 Å². The van der Waals surface area contributed by atoms with Gasteiger partial charge in [-0.1, -0.05) is 50.3 Å². The van der Waals surface area contributed by atoms with E-state index in [1.165, 1.54) is 32.1 Å². The van der Waals surface area contributed by atoms with Crippen LogP contribution in [0.5, 0.6) is 0 Å². The number of benzene rings is 2. The van der Waals surface area contributed by atoms with Crippen molar-refractivity contribution in [2.45, 2.75) is 44.9 Å². The lowest BCUT2D eigenvalue weighted by Crippen LogP contribution is -2.14. The molecule has 0 bridgehead atoms. The zero-order chi connectivity index (χ0) is 17.8. The Morgan fingerprint density at radius 1 is 1.08 bits per heavy atom. The number of para-hydroxylation sites is 2. The number of hydrogen-bond acceptors (Lipinski definition) is 3. The third-order valence-electron chi connectivity index (χ3n) is 5.19. The largest absolute Gasteiger partial charge is 0.436 e. The minimum atomic E-state index is 0.0882. The van der Waals surface area contributed by atoms with Gasteiger partial charge in [0, 0.05) is 17.7 Å². The molecule has 0 radical (unpaired) electrons. The second-order valence-electron chi connectivity index (χ2n) is 7.16. The molecule has 0 saturated heterocycles. The molecule has 134 valence electrons. The Morgan fingerprint density at radius 2 is 1.92 bits per heavy atom. The van der Waals surface area contributed by atoms with E-state index in [1.54, 1.807) is 0 Å². The highest BCUT2D eigenvalue weighted by Gasteiger charge is 2.15. The third-order valence-corrected chi connectivity index (χ3v) is 5.19. The van der Waals surface area contributed by atoms with Gasteiger partial charge in [0.25, 0.3) is 0 Å². The van der Waals surface area contributed by atoms with E-state index in [4.69, 9.17) is 4.42 Å². The van der Waals surface area contributed by atoms with Crippen LogP contribution in [0.2, 0.25) is 0 Å². The van der Waals surface area contributed by atoms with Crippen molar-refractivity contribution in [1.82, 2.24) is 4.98 Å². The van der Waals surface area contributed by atoms with Gasteiger partial charge in [-0.3, -0.25) is 4.79 Å². The van der Waals surface area contributed by atoms with Crippen LogP contribution in [0.4, 0.5) is 5.69 Å². The van der Waals surface area contributed by atoms with Gasteiger partial charge in [-0.25, -0.2) is 4.98 Å². The average Bonchev–Trinajstić information content (AvgIpc) is 3.12. The molecule has 2 aromatic carbocycles. The van der Waals surface area contributed by atoms with E-state index in [1.807, 2.05) is 48.5 Å². The lowest BCUT2D eigenvalue weighted by molar-refractivity contribution is -0.116. The summed E-state index contributed by atoms with van der Waals surface area (Å²) in [5, 5.41) is 3.02. The summed E-state index contributed by atoms with van der Waals surface area (Å²) in [5.41, 5.74) is 3.26. The molecule has 3 aromatic rings. The monoisotopic (exact) mass is 348 g/mol. The van der Waals surface area contributed by atoms with E-state index >= 15 is 0 Å². The molecule has 1 aromatic heterocycles. The van der Waals surface area contributed by atoms with Crippen LogP contribution >= 0.6 is 0 Å². The highest BCUT2D eigenvalue weighted by atomic mass is 16.3. The molecule has 1 fully saturated rings. The maximum Gasteiger partial charge on any atom is 0.227 e. The molecule has 0 unspecified atom stereocenters. The predicted molar refractivity (Wildman–Crippen MR) is 104 cm³/mol. The second kappa shape index (κ2) is 7.73. The molecule has 0 spiro atoms. The van der Waals surface area contributed by atoms with Crippen molar-refractivity contribution in [3.05, 3.63) is 48.5 Å². The minimum absolute atomic E-state index is 0.0882. The lowest BCUT2D eigenvalue weighted by Gasteiger charge is -2.21. The van der Waals surface area contributed by atoms with Crippen LogP contribution in [0.15, 0.2) is 52.9 Å². The van der Waals surface area contributed by atoms with Crippen molar-refractivity contribution in [3.63, 3.8) is 0 Å². The molecule has 0 aliphatic heterocycles. The number of oxazole rings is 1. The highest BCUT2D eigenvalue weighted by Crippen LogP contribution is 2.28. The number of fused-ring (bicyclic) bond motifs is 1. The standard InChI is InChI=1S/C22H24N2O2/c25-21(14-13-16-7-2-1-3-8-16)23-18-10-6-9-17(15-18)22-24-19-11-4-5-12-20(19)26-22/h4-6,9-12,15-16H,1-3,7-8,13-14H2,(H,23,25). The maximum atomic E-state index is 12.3. The molecule has 1 N–H and O–H groups in total. The summed E-state index contributed by atoms with van der Waals surface area (Å²) in [6.45, 7) is 0. The van der Waals surface area contributed by atoms with Crippen molar-refractivity contribution in [1.29, 1.82) is 0 Å². The number of rotatable bonds is 5. The number of aromatic nitrogens is 1. The summed E-state index contributed by atoms with van der Waals surface area (Å²) in [6, 6.07) is 15.4. The zero-order valence-electron chi connectivity index (χ0n) is 14.9. The molecular formula is C22H24N2O2. The molecule has 26 heavy (non-hydrogen) atoms. The van der Waals surface area contributed by atoms with Gasteiger partial charge in [0.15, 0.2) is 5.58 Å². The van der Waals surface area contributed by atoms with Gasteiger partial charge in [0.2, 0.25) is 11.8 Å². The molecule has 4 rings (SSSR count). The molecule has 1 saturated carbocycles. The Morgan fingerprint density at radius 3 is 2.77 bits per heavy atom. The second-order valence-corrected chi connectivity index (χ2v) is 7.16. The fourth-order valence-electron chi connectivity index (χ4n) is 3.76. The summed E-state index contributed by atoms with van der Waals surface area (Å²) in [6.07, 6.45) is 8.14. The van der Waals surface area contributed by atoms with Crippen molar-refractivity contribution in [2.75, 3.05) is 5.32 Å². The van der Waals surface area contributed by atoms with Gasteiger partial charge in [-0.05, 0) is 42.7 Å². The number of nitrogens with zero attached hydrogens (tertiary/aromatic N) is 1. The number of nitrogens with one attached hydrogen (secondary N) is 1. The smallest absolute Gasteiger partial charge is 0.227 e. The van der Waals surface area contributed by atoms with Gasteiger partial charge < -0.3 is 9.73 Å². The van der Waals surface area contributed by atoms with Crippen molar-refractivity contribution < 1.29 is 9.21 Å². The predicted octanol–water partition coefficient (Wildman–Crippen LogP) is 5.79. The van der Waals surface area contributed by atoms with Crippen LogP contribution in [-0.4, -0.2) is 10.9 Å². The van der Waals surface area contributed by atoms with Crippen LogP contribution in [0.1, 0.15) is 44.9 Å². The summed E-state index contributed by atoms with van der Waals surface area (Å²) in [4.78, 5) is 16.8. The van der Waals surface area contributed by atoms with Crippen molar-refractivity contribution in [2.24, 2.45) is 5.92 Å². The normalized spacial score (nSPS) is 15.2. The summed E-state index contributed by atoms with van der Waals surface area (Å²) >= 11 is 0. The molecule has 4 heteroatoms. The molecule has 1 aliphatic carbocycles. The topological polar surface area (TPSA) is 55.1 Å². The number of anilines is 1. The number of carbonyl (C=O) groups is 1. The Balaban J connectivity index is 1.41. The van der Waals surface area contributed by atoms with E-state index < -0.39 is 0 Å². The molecule has 0 atom stereocenters. The molecule has 4 nitrogen and oxygen atoms in total. The first-order valence-electron chi connectivity index (χ1n) is 9.54. The van der Waals surface area contributed by atoms with Crippen LogP contribution in [0.3, 0.4) is 0 Å². The van der Waals surface area contributed by atoms with Crippen LogP contribution in [0, 0.1) is 5.92 Å². The first-order valence-corrected chi connectivity index (χ1v) is 9.54. The number of carbonyl (C=O) groups excluding carboxylic acids is 1. The van der Waals surface area contributed by atoms with E-state index in [0.717, 1.165) is 34.7 Å². The van der Waals surface area contributed by atoms with E-state index in [0.29, 0.717) is 12.3 Å². The van der Waals surface area contributed by atoms with E-state index in [-0.39, 0.29) is 5.91 Å². The quantitative estimate of drug-likeness (QED) is 0.634. The molecular weight excluding hydrogens is 324 g/mol. The van der Waals surface area contributed by atoms with Gasteiger partial charge in [-0.2, -0.15) is 0 Å². The Labute approximate surface area is 153 Å². The molecule has 1 amide bonds. The van der Waals surface area contributed by atoms with E-state index in [9.17, 15) is 4.79 Å². The third kappa shape index (κ3) is 3.96. The van der Waals surface area contributed by atoms with Gasteiger partial charge in [0.1, 0.15) is 5.52 Å². The molecule has 1 heterocycles. The first-order chi connectivity index (χ1) is 12.8. The number of amides is 1. The van der Waals surface area contributed by atoms with Crippen LogP contribution < -0.4 is 5.32 Å². The molecule has 1 aliphatic rings. The maximum absolute atomic E-state index is 12.3.